The molecule has 0 amide bonds. The first-order valence-corrected chi connectivity index (χ1v) is 6.61. The number of benzene rings is 2. The fourth-order valence-electron chi connectivity index (χ4n) is 1.82. The lowest BCUT2D eigenvalue weighted by Crippen LogP contribution is -2.07. The molecule has 2 aromatic rings. The van der Waals surface area contributed by atoms with Crippen LogP contribution in [-0.2, 0) is 6.54 Å². The molecule has 0 saturated carbocycles. The van der Waals surface area contributed by atoms with Crippen LogP contribution in [0.1, 0.15) is 21.5 Å². The average molecular weight is 294 g/mol. The maximum atomic E-state index is 12.3. The number of ketones is 1. The topological polar surface area (TPSA) is 29.1 Å². The molecule has 0 aliphatic heterocycles. The largest absolute Gasteiger partial charge is 0.316 e. The molecule has 98 valence electrons. The molecule has 2 aromatic carbocycles. The Balaban J connectivity index is 2.35. The van der Waals surface area contributed by atoms with Crippen LogP contribution in [0.4, 0.5) is 0 Å². The zero-order chi connectivity index (χ0) is 13.8. The lowest BCUT2D eigenvalue weighted by Gasteiger charge is -2.07. The Morgan fingerprint density at radius 2 is 1.84 bits per heavy atom. The third kappa shape index (κ3) is 3.16. The molecule has 4 heteroatoms. The van der Waals surface area contributed by atoms with Crippen LogP contribution in [0.2, 0.25) is 10.0 Å². The van der Waals surface area contributed by atoms with Gasteiger partial charge in [0.1, 0.15) is 0 Å². The van der Waals surface area contributed by atoms with E-state index in [4.69, 9.17) is 23.2 Å². The molecule has 0 radical (unpaired) electrons. The summed E-state index contributed by atoms with van der Waals surface area (Å²) in [4.78, 5) is 12.3. The Labute approximate surface area is 122 Å². The second-order valence-corrected chi connectivity index (χ2v) is 4.96. The van der Waals surface area contributed by atoms with Gasteiger partial charge in [0.25, 0.3) is 0 Å². The molecule has 0 unspecified atom stereocenters. The molecular formula is C15H13Cl2NO. The normalized spacial score (nSPS) is 10.5. The first-order chi connectivity index (χ1) is 9.13. The molecule has 0 heterocycles. The fraction of sp³-hybridized carbons (Fsp3) is 0.133. The highest BCUT2D eigenvalue weighted by atomic mass is 35.5. The standard InChI is InChI=1S/C15H13Cl2NO/c1-18-9-11-7-6-10(8-14(11)17)15(19)12-4-2-3-5-13(12)16/h2-8,18H,9H2,1H3. The Morgan fingerprint density at radius 1 is 1.11 bits per heavy atom. The summed E-state index contributed by atoms with van der Waals surface area (Å²) in [6, 6.07) is 12.3. The van der Waals surface area contributed by atoms with Crippen LogP contribution in [0.5, 0.6) is 0 Å². The molecule has 2 rings (SSSR count). The van der Waals surface area contributed by atoms with E-state index in [2.05, 4.69) is 5.32 Å². The molecule has 19 heavy (non-hydrogen) atoms. The van der Waals surface area contributed by atoms with Crippen LogP contribution >= 0.6 is 23.2 Å². The van der Waals surface area contributed by atoms with Crippen LogP contribution in [0.3, 0.4) is 0 Å². The van der Waals surface area contributed by atoms with Crippen molar-refractivity contribution in [3.05, 3.63) is 69.2 Å². The highest BCUT2D eigenvalue weighted by Gasteiger charge is 2.13. The maximum absolute atomic E-state index is 12.3. The second-order valence-electron chi connectivity index (χ2n) is 4.15. The van der Waals surface area contributed by atoms with Gasteiger partial charge in [0, 0.05) is 22.7 Å². The third-order valence-corrected chi connectivity index (χ3v) is 3.48. The van der Waals surface area contributed by atoms with Crippen molar-refractivity contribution in [2.75, 3.05) is 7.05 Å². The highest BCUT2D eigenvalue weighted by Crippen LogP contribution is 2.23. The molecule has 2 nitrogen and oxygen atoms in total. The minimum absolute atomic E-state index is 0.122. The van der Waals surface area contributed by atoms with Crippen LogP contribution in [0.25, 0.3) is 0 Å². The number of carbonyl (C=O) groups is 1. The van der Waals surface area contributed by atoms with Crippen molar-refractivity contribution in [1.29, 1.82) is 0 Å². The Bertz CT molecular complexity index is 611. The van der Waals surface area contributed by atoms with Gasteiger partial charge in [-0.15, -0.1) is 0 Å². The predicted octanol–water partition coefficient (Wildman–Crippen LogP) is 3.94. The molecule has 0 spiro atoms. The first-order valence-electron chi connectivity index (χ1n) is 5.85. The summed E-state index contributed by atoms with van der Waals surface area (Å²) >= 11 is 12.2. The van der Waals surface area contributed by atoms with E-state index >= 15 is 0 Å². The monoisotopic (exact) mass is 293 g/mol. The highest BCUT2D eigenvalue weighted by molar-refractivity contribution is 6.35. The van der Waals surface area contributed by atoms with Crippen molar-refractivity contribution in [1.82, 2.24) is 5.32 Å². The van der Waals surface area contributed by atoms with E-state index in [0.29, 0.717) is 27.7 Å². The van der Waals surface area contributed by atoms with Crippen molar-refractivity contribution in [3.63, 3.8) is 0 Å². The van der Waals surface area contributed by atoms with Crippen LogP contribution in [0, 0.1) is 0 Å². The summed E-state index contributed by atoms with van der Waals surface area (Å²) in [5.41, 5.74) is 1.99. The minimum atomic E-state index is -0.122. The minimum Gasteiger partial charge on any atom is -0.316 e. The van der Waals surface area contributed by atoms with Gasteiger partial charge in [0.15, 0.2) is 5.78 Å². The number of carbonyl (C=O) groups excluding carboxylic acids is 1. The van der Waals surface area contributed by atoms with Gasteiger partial charge in [-0.1, -0.05) is 47.5 Å². The van der Waals surface area contributed by atoms with E-state index in [9.17, 15) is 4.79 Å². The summed E-state index contributed by atoms with van der Waals surface area (Å²) in [6.07, 6.45) is 0. The van der Waals surface area contributed by atoms with Crippen molar-refractivity contribution < 1.29 is 4.79 Å². The van der Waals surface area contributed by atoms with E-state index in [1.807, 2.05) is 13.1 Å². The van der Waals surface area contributed by atoms with Gasteiger partial charge in [0.05, 0.1) is 5.02 Å². The molecule has 0 fully saturated rings. The van der Waals surface area contributed by atoms with Crippen molar-refractivity contribution >= 4 is 29.0 Å². The molecule has 0 atom stereocenters. The van der Waals surface area contributed by atoms with Crippen molar-refractivity contribution in [2.24, 2.45) is 0 Å². The van der Waals surface area contributed by atoms with E-state index in [0.717, 1.165) is 5.56 Å². The predicted molar refractivity (Wildman–Crippen MR) is 79.1 cm³/mol. The Hall–Kier alpha value is -1.35. The second kappa shape index (κ2) is 6.20. The number of nitrogens with one attached hydrogen (secondary N) is 1. The Morgan fingerprint density at radius 3 is 2.47 bits per heavy atom. The van der Waals surface area contributed by atoms with Gasteiger partial charge in [-0.05, 0) is 30.8 Å². The number of rotatable bonds is 4. The van der Waals surface area contributed by atoms with E-state index in [-0.39, 0.29) is 5.78 Å². The van der Waals surface area contributed by atoms with Crippen LogP contribution in [-0.4, -0.2) is 12.8 Å². The van der Waals surface area contributed by atoms with E-state index < -0.39 is 0 Å². The summed E-state index contributed by atoms with van der Waals surface area (Å²) in [6.45, 7) is 0.666. The van der Waals surface area contributed by atoms with Gasteiger partial charge in [-0.25, -0.2) is 0 Å². The smallest absolute Gasteiger partial charge is 0.194 e. The lowest BCUT2D eigenvalue weighted by molar-refractivity contribution is 0.103. The van der Waals surface area contributed by atoms with Gasteiger partial charge in [0.2, 0.25) is 0 Å². The summed E-state index contributed by atoms with van der Waals surface area (Å²) in [7, 11) is 1.85. The quantitative estimate of drug-likeness (QED) is 0.865. The molecule has 0 saturated heterocycles. The summed E-state index contributed by atoms with van der Waals surface area (Å²) < 4.78 is 0. The van der Waals surface area contributed by atoms with Crippen LogP contribution < -0.4 is 5.32 Å². The van der Waals surface area contributed by atoms with E-state index in [1.54, 1.807) is 36.4 Å². The summed E-state index contributed by atoms with van der Waals surface area (Å²) in [5.74, 6) is -0.122. The average Bonchev–Trinajstić information content (AvgIpc) is 2.41. The van der Waals surface area contributed by atoms with Gasteiger partial charge < -0.3 is 5.32 Å². The molecular weight excluding hydrogens is 281 g/mol. The molecule has 0 aromatic heterocycles. The van der Waals surface area contributed by atoms with E-state index in [1.165, 1.54) is 0 Å². The fourth-order valence-corrected chi connectivity index (χ4v) is 2.29. The number of halogens is 2. The summed E-state index contributed by atoms with van der Waals surface area (Å²) in [5, 5.41) is 4.05. The van der Waals surface area contributed by atoms with Gasteiger partial charge in [-0.2, -0.15) is 0 Å². The van der Waals surface area contributed by atoms with Gasteiger partial charge in [-0.3, -0.25) is 4.79 Å². The Kier molecular flexibility index (Phi) is 4.59. The van der Waals surface area contributed by atoms with Gasteiger partial charge >= 0.3 is 0 Å². The zero-order valence-corrected chi connectivity index (χ0v) is 11.9. The maximum Gasteiger partial charge on any atom is 0.194 e. The van der Waals surface area contributed by atoms with Crippen LogP contribution in [0.15, 0.2) is 42.5 Å². The zero-order valence-electron chi connectivity index (χ0n) is 10.4. The third-order valence-electron chi connectivity index (χ3n) is 2.80. The molecule has 1 N–H and O–H groups in total. The SMILES string of the molecule is CNCc1ccc(C(=O)c2ccccc2Cl)cc1Cl. The molecule has 0 aliphatic rings. The molecule has 0 bridgehead atoms. The van der Waals surface area contributed by atoms with Crippen molar-refractivity contribution in [3.8, 4) is 0 Å². The molecule has 0 aliphatic carbocycles. The lowest BCUT2D eigenvalue weighted by atomic mass is 10.0. The number of hydrogen-bond donors (Lipinski definition) is 1. The van der Waals surface area contributed by atoms with Crippen molar-refractivity contribution in [2.45, 2.75) is 6.54 Å². The number of hydrogen-bond acceptors (Lipinski definition) is 2. The first kappa shape index (κ1) is 14.1.